The topological polar surface area (TPSA) is 78.3 Å². The first-order valence-electron chi connectivity index (χ1n) is 6.23. The van der Waals surface area contributed by atoms with Crippen molar-refractivity contribution in [2.24, 2.45) is 0 Å². The fraction of sp³-hybridized carbons (Fsp3) is 0.385. The van der Waals surface area contributed by atoms with Crippen molar-refractivity contribution in [2.45, 2.75) is 12.5 Å². The Labute approximate surface area is 109 Å². The van der Waals surface area contributed by atoms with Gasteiger partial charge in [0.15, 0.2) is 0 Å². The van der Waals surface area contributed by atoms with Gasteiger partial charge in [0.05, 0.1) is 22.6 Å². The van der Waals surface area contributed by atoms with Crippen LogP contribution in [0.2, 0.25) is 0 Å². The van der Waals surface area contributed by atoms with Gasteiger partial charge in [-0.05, 0) is 32.1 Å². The molecule has 1 saturated heterocycles. The third-order valence-corrected chi connectivity index (χ3v) is 3.70. The molecule has 1 aromatic heterocycles. The quantitative estimate of drug-likeness (QED) is 0.842. The van der Waals surface area contributed by atoms with E-state index in [0.717, 1.165) is 19.5 Å². The molecular formula is C13H15N3O3. The molecular weight excluding hydrogens is 246 g/mol. The minimum Gasteiger partial charge on any atom is -0.478 e. The van der Waals surface area contributed by atoms with E-state index in [0.29, 0.717) is 11.0 Å². The number of hydrogen-bond acceptors (Lipinski definition) is 3. The summed E-state index contributed by atoms with van der Waals surface area (Å²) in [5, 5.41) is 9.27. The molecule has 0 amide bonds. The second-order valence-electron chi connectivity index (χ2n) is 5.01. The largest absolute Gasteiger partial charge is 0.478 e. The normalized spacial score (nSPS) is 20.2. The third-order valence-electron chi connectivity index (χ3n) is 3.70. The lowest BCUT2D eigenvalue weighted by Crippen LogP contribution is -2.25. The Morgan fingerprint density at radius 2 is 2.26 bits per heavy atom. The maximum atomic E-state index is 12.1. The summed E-state index contributed by atoms with van der Waals surface area (Å²) in [7, 11) is 2.00. The summed E-state index contributed by atoms with van der Waals surface area (Å²) < 4.78 is 1.60. The standard InChI is InChI=1S/C13H15N3O3/c1-15-6-5-8(7-15)16-11-9(12(17)18)3-2-4-10(11)14-13(16)19/h2-4,8H,5-7H2,1H3,(H,14,19)(H,17,18). The number of aromatic amines is 1. The van der Waals surface area contributed by atoms with Gasteiger partial charge >= 0.3 is 11.7 Å². The highest BCUT2D eigenvalue weighted by Gasteiger charge is 2.26. The number of hydrogen-bond donors (Lipinski definition) is 2. The number of imidazole rings is 1. The van der Waals surface area contributed by atoms with E-state index < -0.39 is 5.97 Å². The Balaban J connectivity index is 2.26. The highest BCUT2D eigenvalue weighted by molar-refractivity contribution is 6.01. The summed E-state index contributed by atoms with van der Waals surface area (Å²) in [4.78, 5) is 28.3. The summed E-state index contributed by atoms with van der Waals surface area (Å²) >= 11 is 0. The van der Waals surface area contributed by atoms with Crippen molar-refractivity contribution in [1.82, 2.24) is 14.5 Å². The Morgan fingerprint density at radius 1 is 1.47 bits per heavy atom. The molecule has 1 unspecified atom stereocenters. The highest BCUT2D eigenvalue weighted by Crippen LogP contribution is 2.25. The molecule has 3 rings (SSSR count). The van der Waals surface area contributed by atoms with Gasteiger partial charge in [0.2, 0.25) is 0 Å². The second kappa shape index (κ2) is 4.24. The van der Waals surface area contributed by atoms with Gasteiger partial charge in [-0.15, -0.1) is 0 Å². The zero-order valence-electron chi connectivity index (χ0n) is 10.6. The number of likely N-dealkylation sites (N-methyl/N-ethyl adjacent to an activating group) is 1. The van der Waals surface area contributed by atoms with E-state index in [2.05, 4.69) is 9.88 Å². The molecule has 1 atom stereocenters. The number of likely N-dealkylation sites (tertiary alicyclic amines) is 1. The molecule has 1 aliphatic heterocycles. The van der Waals surface area contributed by atoms with E-state index in [4.69, 9.17) is 0 Å². The lowest BCUT2D eigenvalue weighted by atomic mass is 10.1. The summed E-state index contributed by atoms with van der Waals surface area (Å²) in [5.74, 6) is -1.01. The Kier molecular flexibility index (Phi) is 2.67. The lowest BCUT2D eigenvalue weighted by molar-refractivity contribution is 0.0698. The van der Waals surface area contributed by atoms with Gasteiger partial charge in [0.1, 0.15) is 0 Å². The van der Waals surface area contributed by atoms with Crippen LogP contribution in [0.15, 0.2) is 23.0 Å². The molecule has 6 heteroatoms. The predicted molar refractivity (Wildman–Crippen MR) is 70.7 cm³/mol. The zero-order chi connectivity index (χ0) is 13.6. The average Bonchev–Trinajstić information content (AvgIpc) is 2.90. The van der Waals surface area contributed by atoms with Crippen LogP contribution < -0.4 is 5.69 Å². The van der Waals surface area contributed by atoms with Gasteiger partial charge in [-0.1, -0.05) is 6.07 Å². The summed E-state index contributed by atoms with van der Waals surface area (Å²) in [6.07, 6.45) is 0.858. The molecule has 0 aliphatic carbocycles. The molecule has 2 aromatic rings. The fourth-order valence-electron chi connectivity index (χ4n) is 2.82. The van der Waals surface area contributed by atoms with Crippen molar-refractivity contribution in [1.29, 1.82) is 0 Å². The number of benzene rings is 1. The number of carboxylic acid groups (broad SMARTS) is 1. The molecule has 0 bridgehead atoms. The Hall–Kier alpha value is -2.08. The number of rotatable bonds is 2. The first kappa shape index (κ1) is 12.0. The van der Waals surface area contributed by atoms with Gasteiger partial charge in [-0.2, -0.15) is 0 Å². The van der Waals surface area contributed by atoms with E-state index in [-0.39, 0.29) is 17.3 Å². The summed E-state index contributed by atoms with van der Waals surface area (Å²) in [6.45, 7) is 1.68. The minimum absolute atomic E-state index is 0.0340. The van der Waals surface area contributed by atoms with E-state index >= 15 is 0 Å². The van der Waals surface area contributed by atoms with Crippen LogP contribution in [-0.4, -0.2) is 45.7 Å². The molecule has 6 nitrogen and oxygen atoms in total. The number of H-pyrrole nitrogens is 1. The van der Waals surface area contributed by atoms with Crippen LogP contribution in [0.3, 0.4) is 0 Å². The monoisotopic (exact) mass is 261 g/mol. The van der Waals surface area contributed by atoms with Gasteiger partial charge in [0.25, 0.3) is 0 Å². The number of aromatic nitrogens is 2. The van der Waals surface area contributed by atoms with E-state index in [1.807, 2.05) is 7.05 Å². The molecule has 1 aliphatic rings. The maximum Gasteiger partial charge on any atom is 0.337 e. The maximum absolute atomic E-state index is 12.1. The van der Waals surface area contributed by atoms with Gasteiger partial charge in [-0.25, -0.2) is 9.59 Å². The molecule has 1 fully saturated rings. The Bertz CT molecular complexity index is 701. The second-order valence-corrected chi connectivity index (χ2v) is 5.01. The van der Waals surface area contributed by atoms with Gasteiger partial charge < -0.3 is 15.0 Å². The number of para-hydroxylation sites is 1. The Morgan fingerprint density at radius 3 is 2.89 bits per heavy atom. The fourth-order valence-corrected chi connectivity index (χ4v) is 2.82. The molecule has 0 saturated carbocycles. The summed E-state index contributed by atoms with van der Waals surface area (Å²) in [6, 6.07) is 4.95. The predicted octanol–water partition coefficient (Wildman–Crippen LogP) is 0.904. The average molecular weight is 261 g/mol. The number of fused-ring (bicyclic) bond motifs is 1. The van der Waals surface area contributed by atoms with Crippen LogP contribution in [0.5, 0.6) is 0 Å². The van der Waals surface area contributed by atoms with Crippen molar-refractivity contribution in [2.75, 3.05) is 20.1 Å². The number of nitrogens with zero attached hydrogens (tertiary/aromatic N) is 2. The lowest BCUT2D eigenvalue weighted by Gasteiger charge is -2.13. The first-order chi connectivity index (χ1) is 9.08. The minimum atomic E-state index is -1.01. The summed E-state index contributed by atoms with van der Waals surface area (Å²) in [5.41, 5.74) is 1.02. The molecule has 2 heterocycles. The molecule has 1 aromatic carbocycles. The van der Waals surface area contributed by atoms with E-state index in [1.54, 1.807) is 16.7 Å². The number of nitrogens with one attached hydrogen (secondary N) is 1. The van der Waals surface area contributed by atoms with Crippen molar-refractivity contribution in [3.8, 4) is 0 Å². The van der Waals surface area contributed by atoms with E-state index in [9.17, 15) is 14.7 Å². The number of carboxylic acids is 1. The number of aromatic carboxylic acids is 1. The van der Waals surface area contributed by atoms with Crippen molar-refractivity contribution in [3.63, 3.8) is 0 Å². The van der Waals surface area contributed by atoms with Crippen LogP contribution in [0.1, 0.15) is 22.8 Å². The van der Waals surface area contributed by atoms with Crippen molar-refractivity contribution in [3.05, 3.63) is 34.2 Å². The molecule has 0 spiro atoms. The van der Waals surface area contributed by atoms with Crippen molar-refractivity contribution >= 4 is 17.0 Å². The van der Waals surface area contributed by atoms with Crippen LogP contribution in [0, 0.1) is 0 Å². The van der Waals surface area contributed by atoms with Crippen LogP contribution in [0.25, 0.3) is 11.0 Å². The van der Waals surface area contributed by atoms with Gasteiger partial charge in [-0.3, -0.25) is 4.57 Å². The zero-order valence-corrected chi connectivity index (χ0v) is 10.6. The molecule has 100 valence electrons. The molecule has 2 N–H and O–H groups in total. The third kappa shape index (κ3) is 1.84. The number of carbonyl (C=O) groups is 1. The molecule has 19 heavy (non-hydrogen) atoms. The van der Waals surface area contributed by atoms with Crippen LogP contribution in [0.4, 0.5) is 0 Å². The van der Waals surface area contributed by atoms with Crippen molar-refractivity contribution < 1.29 is 9.90 Å². The van der Waals surface area contributed by atoms with Gasteiger partial charge in [0, 0.05) is 6.54 Å². The smallest absolute Gasteiger partial charge is 0.337 e. The SMILES string of the molecule is CN1CCC(n2c(=O)[nH]c3cccc(C(=O)O)c32)C1. The first-order valence-corrected chi connectivity index (χ1v) is 6.23. The van der Waals surface area contributed by atoms with E-state index in [1.165, 1.54) is 6.07 Å². The highest BCUT2D eigenvalue weighted by atomic mass is 16.4. The van der Waals surface area contributed by atoms with Crippen LogP contribution >= 0.6 is 0 Å². The van der Waals surface area contributed by atoms with Crippen LogP contribution in [-0.2, 0) is 0 Å². The molecule has 0 radical (unpaired) electrons.